The van der Waals surface area contributed by atoms with Gasteiger partial charge in [0.25, 0.3) is 5.56 Å². The van der Waals surface area contributed by atoms with E-state index in [1.54, 1.807) is 0 Å². The number of nitrogens with zero attached hydrogens (tertiary/aromatic N) is 4. The summed E-state index contributed by atoms with van der Waals surface area (Å²) in [6.45, 7) is 1.94. The van der Waals surface area contributed by atoms with Gasteiger partial charge in [-0.2, -0.15) is 10.2 Å². The predicted octanol–water partition coefficient (Wildman–Crippen LogP) is 0.643. The first-order chi connectivity index (χ1) is 11.4. The van der Waals surface area contributed by atoms with Gasteiger partial charge in [0, 0.05) is 19.8 Å². The number of hydrogen-bond acceptors (Lipinski definition) is 6. The van der Waals surface area contributed by atoms with Gasteiger partial charge in [0.15, 0.2) is 5.03 Å². The molecule has 132 valence electrons. The van der Waals surface area contributed by atoms with Crippen molar-refractivity contribution < 1.29 is 4.79 Å². The van der Waals surface area contributed by atoms with Crippen LogP contribution in [0.5, 0.6) is 0 Å². The normalized spacial score (nSPS) is 16.2. The van der Waals surface area contributed by atoms with Crippen molar-refractivity contribution in [2.24, 2.45) is 25.1 Å². The molecule has 0 aliphatic heterocycles. The maximum Gasteiger partial charge on any atom is 0.346 e. The monoisotopic (exact) mass is 353 g/mol. The number of aromatic nitrogens is 3. The third-order valence-electron chi connectivity index (χ3n) is 4.19. The van der Waals surface area contributed by atoms with Gasteiger partial charge in [-0.15, -0.1) is 0 Å². The molecule has 0 unspecified atom stereocenters. The molecule has 1 fully saturated rings. The number of aryl methyl sites for hydroxylation is 1. The first-order valence-corrected chi connectivity index (χ1v) is 8.99. The molecule has 1 heterocycles. The first-order valence-electron chi connectivity index (χ1n) is 8.00. The van der Waals surface area contributed by atoms with Crippen LogP contribution in [0.2, 0.25) is 0 Å². The maximum atomic E-state index is 11.9. The molecule has 2 rings (SSSR count). The summed E-state index contributed by atoms with van der Waals surface area (Å²) in [7, 11) is 2.85. The van der Waals surface area contributed by atoms with Crippen molar-refractivity contribution in [1.29, 1.82) is 0 Å². The van der Waals surface area contributed by atoms with E-state index >= 15 is 0 Å². The van der Waals surface area contributed by atoms with Gasteiger partial charge in [0.1, 0.15) is 0 Å². The van der Waals surface area contributed by atoms with Crippen LogP contribution in [-0.2, 0) is 18.9 Å². The largest absolute Gasteiger partial charge is 0.346 e. The summed E-state index contributed by atoms with van der Waals surface area (Å²) in [6, 6.07) is 0. The molecule has 1 aliphatic carbocycles. The molecule has 1 aliphatic rings. The Morgan fingerprint density at radius 2 is 1.96 bits per heavy atom. The second-order valence-electron chi connectivity index (χ2n) is 5.99. The molecule has 8 nitrogen and oxygen atoms in total. The topological polar surface area (TPSA) is 98.3 Å². The summed E-state index contributed by atoms with van der Waals surface area (Å²) in [5.74, 6) is 0.166. The average molecular weight is 353 g/mol. The molecule has 1 amide bonds. The van der Waals surface area contributed by atoms with Gasteiger partial charge in [-0.3, -0.25) is 14.2 Å². The summed E-state index contributed by atoms with van der Waals surface area (Å²) in [6.07, 6.45) is 5.94. The lowest BCUT2D eigenvalue weighted by atomic mass is 9.86. The smallest absolute Gasteiger partial charge is 0.272 e. The molecule has 9 heteroatoms. The van der Waals surface area contributed by atoms with Crippen LogP contribution in [0, 0.1) is 5.92 Å². The number of nitrogens with one attached hydrogen (secondary N) is 1. The van der Waals surface area contributed by atoms with Crippen molar-refractivity contribution in [2.75, 3.05) is 5.75 Å². The quantitative estimate of drug-likeness (QED) is 0.476. The summed E-state index contributed by atoms with van der Waals surface area (Å²) in [5.41, 5.74) is 2.48. The molecule has 0 aromatic carbocycles. The van der Waals surface area contributed by atoms with E-state index in [-0.39, 0.29) is 16.7 Å². The zero-order valence-corrected chi connectivity index (χ0v) is 15.1. The number of rotatable bonds is 5. The lowest BCUT2D eigenvalue weighted by Gasteiger charge is -2.21. The van der Waals surface area contributed by atoms with E-state index in [0.717, 1.165) is 39.6 Å². The Kier molecular flexibility index (Phi) is 6.36. The predicted molar refractivity (Wildman–Crippen MR) is 93.3 cm³/mol. The lowest BCUT2D eigenvalue weighted by molar-refractivity contribution is -0.118. The van der Waals surface area contributed by atoms with Gasteiger partial charge in [0.2, 0.25) is 5.91 Å². The van der Waals surface area contributed by atoms with E-state index in [0.29, 0.717) is 5.92 Å². The minimum absolute atomic E-state index is 0.0158. The molecule has 0 saturated heterocycles. The van der Waals surface area contributed by atoms with Gasteiger partial charge in [-0.05, 0) is 25.7 Å². The summed E-state index contributed by atoms with van der Waals surface area (Å²) < 4.78 is 2.05. The summed E-state index contributed by atoms with van der Waals surface area (Å²) >= 11 is 0.994. The van der Waals surface area contributed by atoms with E-state index in [1.807, 2.05) is 6.92 Å². The number of amides is 1. The number of thioether (sulfide) groups is 1. The molecule has 1 aromatic heterocycles. The number of hydrazone groups is 1. The van der Waals surface area contributed by atoms with Crippen molar-refractivity contribution in [3.8, 4) is 0 Å². The van der Waals surface area contributed by atoms with Crippen LogP contribution in [0.25, 0.3) is 0 Å². The third kappa shape index (κ3) is 4.56. The number of carbonyl (C=O) groups excluding carboxylic acids is 1. The van der Waals surface area contributed by atoms with E-state index in [9.17, 15) is 14.4 Å². The second kappa shape index (κ2) is 8.27. The molecule has 1 N–H and O–H groups in total. The van der Waals surface area contributed by atoms with E-state index in [4.69, 9.17) is 0 Å². The average Bonchev–Trinajstić information content (AvgIpc) is 2.60. The molecule has 24 heavy (non-hydrogen) atoms. The molecule has 1 aromatic rings. The highest BCUT2D eigenvalue weighted by atomic mass is 32.2. The van der Waals surface area contributed by atoms with Crippen LogP contribution < -0.4 is 16.7 Å². The van der Waals surface area contributed by atoms with Gasteiger partial charge >= 0.3 is 5.69 Å². The molecular formula is C15H23N5O3S. The molecule has 0 atom stereocenters. The Morgan fingerprint density at radius 1 is 1.29 bits per heavy atom. The van der Waals surface area contributed by atoms with Crippen molar-refractivity contribution >= 4 is 23.4 Å². The van der Waals surface area contributed by atoms with E-state index in [1.165, 1.54) is 33.4 Å². The minimum atomic E-state index is -0.502. The molecule has 0 spiro atoms. The Bertz CT molecular complexity index is 746. The van der Waals surface area contributed by atoms with Crippen LogP contribution in [-0.4, -0.2) is 31.7 Å². The van der Waals surface area contributed by atoms with Crippen LogP contribution in [0.1, 0.15) is 39.0 Å². The fourth-order valence-corrected chi connectivity index (χ4v) is 3.46. The molecule has 1 saturated carbocycles. The second-order valence-corrected chi connectivity index (χ2v) is 6.95. The third-order valence-corrected chi connectivity index (χ3v) is 5.12. The molecule has 0 radical (unpaired) electrons. The fourth-order valence-electron chi connectivity index (χ4n) is 2.69. The first kappa shape index (κ1) is 18.4. The van der Waals surface area contributed by atoms with Crippen LogP contribution >= 0.6 is 11.8 Å². The van der Waals surface area contributed by atoms with Crippen molar-refractivity contribution in [3.05, 3.63) is 20.8 Å². The SMILES string of the molecule is C/C(=N/NC(=O)CSc1nn(C)c(=O)n(C)c1=O)C1CCCCC1. The minimum Gasteiger partial charge on any atom is -0.272 e. The van der Waals surface area contributed by atoms with Crippen molar-refractivity contribution in [2.45, 2.75) is 44.1 Å². The van der Waals surface area contributed by atoms with Gasteiger partial charge in [0.05, 0.1) is 5.75 Å². The highest BCUT2D eigenvalue weighted by Gasteiger charge is 2.16. The maximum absolute atomic E-state index is 11.9. The van der Waals surface area contributed by atoms with E-state index < -0.39 is 11.2 Å². The standard InChI is InChI=1S/C15H23N5O3S/c1-10(11-7-5-4-6-8-11)16-17-12(21)9-24-13-14(22)19(2)15(23)20(3)18-13/h11H,4-9H2,1-3H3,(H,17,21)/b16-10-. The van der Waals surface area contributed by atoms with Gasteiger partial charge in [-0.25, -0.2) is 14.9 Å². The lowest BCUT2D eigenvalue weighted by Crippen LogP contribution is -2.39. The van der Waals surface area contributed by atoms with Crippen molar-refractivity contribution in [3.63, 3.8) is 0 Å². The highest BCUT2D eigenvalue weighted by Crippen LogP contribution is 2.24. The van der Waals surface area contributed by atoms with Crippen LogP contribution in [0.3, 0.4) is 0 Å². The van der Waals surface area contributed by atoms with Gasteiger partial charge < -0.3 is 0 Å². The molecule has 0 bridgehead atoms. The Balaban J connectivity index is 1.92. The summed E-state index contributed by atoms with van der Waals surface area (Å²) in [5, 5.41) is 8.18. The van der Waals surface area contributed by atoms with Crippen LogP contribution in [0.4, 0.5) is 0 Å². The number of carbonyl (C=O) groups is 1. The zero-order valence-electron chi connectivity index (χ0n) is 14.2. The van der Waals surface area contributed by atoms with Crippen molar-refractivity contribution in [1.82, 2.24) is 19.8 Å². The zero-order chi connectivity index (χ0) is 17.7. The highest BCUT2D eigenvalue weighted by molar-refractivity contribution is 7.99. The fraction of sp³-hybridized carbons (Fsp3) is 0.667. The Hall–Kier alpha value is -1.90. The van der Waals surface area contributed by atoms with Crippen LogP contribution in [0.15, 0.2) is 19.7 Å². The number of hydrogen-bond donors (Lipinski definition) is 1. The Labute approximate surface area is 144 Å². The summed E-state index contributed by atoms with van der Waals surface area (Å²) in [4.78, 5) is 35.4. The Morgan fingerprint density at radius 3 is 2.62 bits per heavy atom. The van der Waals surface area contributed by atoms with E-state index in [2.05, 4.69) is 15.6 Å². The molecular weight excluding hydrogens is 330 g/mol. The van der Waals surface area contributed by atoms with Gasteiger partial charge in [-0.1, -0.05) is 31.0 Å².